The Morgan fingerprint density at radius 1 is 1.39 bits per heavy atom. The quantitative estimate of drug-likeness (QED) is 0.800. The number of hydrogen-bond acceptors (Lipinski definition) is 7. The standard InChI is InChI=1S/C18H23N5O5/c1-10(2)17(26)23-6-4-5-11(8-23)15-21-13(14(24)18(27)22(15)3)16(25)20-12-7-19-28-9-12/h7,9-11,24H,4-6,8H2,1-3H3,(H,20,25). The third-order valence-electron chi connectivity index (χ3n) is 4.80. The van der Waals surface area contributed by atoms with Gasteiger partial charge in [-0.25, -0.2) is 4.98 Å². The minimum absolute atomic E-state index is 0.0407. The summed E-state index contributed by atoms with van der Waals surface area (Å²) < 4.78 is 5.88. The molecule has 1 aliphatic rings. The minimum atomic E-state index is -0.745. The van der Waals surface area contributed by atoms with Crippen LogP contribution >= 0.6 is 0 Å². The molecule has 0 radical (unpaired) electrons. The van der Waals surface area contributed by atoms with Crippen LogP contribution in [-0.2, 0) is 11.8 Å². The zero-order valence-corrected chi connectivity index (χ0v) is 16.0. The topological polar surface area (TPSA) is 131 Å². The van der Waals surface area contributed by atoms with Crippen molar-refractivity contribution >= 4 is 17.5 Å². The predicted molar refractivity (Wildman–Crippen MR) is 99.0 cm³/mol. The first-order chi connectivity index (χ1) is 13.3. The number of carbonyl (C=O) groups excluding carboxylic acids is 2. The van der Waals surface area contributed by atoms with Crippen molar-refractivity contribution in [1.29, 1.82) is 0 Å². The van der Waals surface area contributed by atoms with E-state index < -0.39 is 17.2 Å². The second-order valence-electron chi connectivity index (χ2n) is 7.18. The van der Waals surface area contributed by atoms with Crippen LogP contribution in [0.4, 0.5) is 5.69 Å². The lowest BCUT2D eigenvalue weighted by atomic mass is 9.95. The Labute approximate surface area is 161 Å². The highest BCUT2D eigenvalue weighted by molar-refractivity contribution is 6.04. The molecule has 10 nitrogen and oxygen atoms in total. The zero-order valence-electron chi connectivity index (χ0n) is 16.0. The van der Waals surface area contributed by atoms with Crippen LogP contribution < -0.4 is 10.9 Å². The molecule has 0 saturated carbocycles. The Morgan fingerprint density at radius 3 is 2.79 bits per heavy atom. The number of carbonyl (C=O) groups is 2. The molecule has 28 heavy (non-hydrogen) atoms. The van der Waals surface area contributed by atoms with Crippen LogP contribution in [0.15, 0.2) is 21.8 Å². The van der Waals surface area contributed by atoms with Gasteiger partial charge in [0.1, 0.15) is 17.8 Å². The number of nitrogens with zero attached hydrogens (tertiary/aromatic N) is 4. The van der Waals surface area contributed by atoms with E-state index >= 15 is 0 Å². The van der Waals surface area contributed by atoms with Crippen LogP contribution in [-0.4, -0.2) is 49.6 Å². The van der Waals surface area contributed by atoms with E-state index in [4.69, 9.17) is 0 Å². The number of nitrogens with one attached hydrogen (secondary N) is 1. The molecular weight excluding hydrogens is 366 g/mol. The van der Waals surface area contributed by atoms with Crippen LogP contribution in [0, 0.1) is 5.92 Å². The summed E-state index contributed by atoms with van der Waals surface area (Å²) in [4.78, 5) is 43.3. The molecule has 2 N–H and O–H groups in total. The molecule has 0 spiro atoms. The molecule has 0 bridgehead atoms. The van der Waals surface area contributed by atoms with Crippen LogP contribution in [0.25, 0.3) is 0 Å². The van der Waals surface area contributed by atoms with E-state index in [0.717, 1.165) is 12.8 Å². The van der Waals surface area contributed by atoms with Crippen molar-refractivity contribution in [2.24, 2.45) is 13.0 Å². The van der Waals surface area contributed by atoms with Gasteiger partial charge in [-0.05, 0) is 12.8 Å². The fraction of sp³-hybridized carbons (Fsp3) is 0.500. The summed E-state index contributed by atoms with van der Waals surface area (Å²) >= 11 is 0. The molecule has 1 saturated heterocycles. The maximum atomic E-state index is 12.5. The number of anilines is 1. The van der Waals surface area contributed by atoms with Gasteiger partial charge in [-0.15, -0.1) is 0 Å². The molecule has 1 fully saturated rings. The average Bonchev–Trinajstić information content (AvgIpc) is 3.18. The van der Waals surface area contributed by atoms with E-state index in [1.807, 2.05) is 13.8 Å². The van der Waals surface area contributed by atoms with Crippen LogP contribution in [0.3, 0.4) is 0 Å². The second-order valence-corrected chi connectivity index (χ2v) is 7.18. The van der Waals surface area contributed by atoms with Crippen molar-refractivity contribution in [2.45, 2.75) is 32.6 Å². The smallest absolute Gasteiger partial charge is 0.296 e. The Bertz CT molecular complexity index is 935. The molecule has 0 aliphatic carbocycles. The predicted octanol–water partition coefficient (Wildman–Crippen LogP) is 1.09. The number of likely N-dealkylation sites (tertiary alicyclic amines) is 1. The maximum Gasteiger partial charge on any atom is 0.296 e. The molecule has 150 valence electrons. The number of amides is 2. The summed E-state index contributed by atoms with van der Waals surface area (Å²) in [6, 6.07) is 0. The number of piperidine rings is 1. The highest BCUT2D eigenvalue weighted by atomic mass is 16.5. The van der Waals surface area contributed by atoms with Crippen molar-refractivity contribution in [2.75, 3.05) is 18.4 Å². The Hall–Kier alpha value is -3.17. The molecule has 2 amide bonds. The van der Waals surface area contributed by atoms with Gasteiger partial charge in [0.15, 0.2) is 5.69 Å². The summed E-state index contributed by atoms with van der Waals surface area (Å²) in [6.45, 7) is 4.75. The van der Waals surface area contributed by atoms with E-state index in [0.29, 0.717) is 18.9 Å². The summed E-state index contributed by atoms with van der Waals surface area (Å²) in [5.74, 6) is -1.41. The summed E-state index contributed by atoms with van der Waals surface area (Å²) in [5, 5.41) is 16.1. The van der Waals surface area contributed by atoms with Gasteiger partial charge in [0.25, 0.3) is 11.5 Å². The highest BCUT2D eigenvalue weighted by Gasteiger charge is 2.30. The zero-order chi connectivity index (χ0) is 20.4. The fourth-order valence-corrected chi connectivity index (χ4v) is 3.34. The molecule has 3 heterocycles. The van der Waals surface area contributed by atoms with Gasteiger partial charge in [-0.1, -0.05) is 19.0 Å². The Morgan fingerprint density at radius 2 is 2.14 bits per heavy atom. The summed E-state index contributed by atoms with van der Waals surface area (Å²) in [7, 11) is 1.50. The third-order valence-corrected chi connectivity index (χ3v) is 4.80. The maximum absolute atomic E-state index is 12.5. The number of aromatic hydroxyl groups is 1. The number of hydrogen-bond donors (Lipinski definition) is 2. The number of rotatable bonds is 4. The van der Waals surface area contributed by atoms with Crippen molar-refractivity contribution in [3.05, 3.63) is 34.3 Å². The van der Waals surface area contributed by atoms with Crippen molar-refractivity contribution in [3.63, 3.8) is 0 Å². The number of aromatic nitrogens is 3. The molecule has 3 rings (SSSR count). The van der Waals surface area contributed by atoms with E-state index in [9.17, 15) is 19.5 Å². The Balaban J connectivity index is 1.93. The van der Waals surface area contributed by atoms with Gasteiger partial charge in [0, 0.05) is 32.0 Å². The lowest BCUT2D eigenvalue weighted by molar-refractivity contribution is -0.135. The van der Waals surface area contributed by atoms with Gasteiger partial charge in [-0.2, -0.15) is 0 Å². The largest absolute Gasteiger partial charge is 0.501 e. The average molecular weight is 389 g/mol. The van der Waals surface area contributed by atoms with Crippen LogP contribution in [0.2, 0.25) is 0 Å². The van der Waals surface area contributed by atoms with Crippen molar-refractivity contribution < 1.29 is 19.2 Å². The first-order valence-electron chi connectivity index (χ1n) is 9.09. The van der Waals surface area contributed by atoms with E-state index in [1.54, 1.807) is 4.90 Å². The lowest BCUT2D eigenvalue weighted by Gasteiger charge is -2.34. The van der Waals surface area contributed by atoms with E-state index in [1.165, 1.54) is 24.1 Å². The summed E-state index contributed by atoms with van der Waals surface area (Å²) in [6.07, 6.45) is 3.99. The SMILES string of the molecule is CC(C)C(=O)N1CCCC(c2nc(C(=O)Nc3cnoc3)c(O)c(=O)n2C)C1. The summed E-state index contributed by atoms with van der Waals surface area (Å²) in [5.41, 5.74) is -0.806. The molecule has 0 aromatic carbocycles. The van der Waals surface area contributed by atoms with Crippen molar-refractivity contribution in [3.8, 4) is 5.75 Å². The molecule has 2 aromatic heterocycles. The van der Waals surface area contributed by atoms with Gasteiger partial charge >= 0.3 is 0 Å². The van der Waals surface area contributed by atoms with E-state index in [-0.39, 0.29) is 29.1 Å². The molecular formula is C18H23N5O5. The molecule has 1 atom stereocenters. The third kappa shape index (κ3) is 3.75. The van der Waals surface area contributed by atoms with Crippen LogP contribution in [0.1, 0.15) is 48.9 Å². The van der Waals surface area contributed by atoms with Gasteiger partial charge < -0.3 is 19.8 Å². The molecule has 1 unspecified atom stereocenters. The normalized spacial score (nSPS) is 17.0. The second kappa shape index (κ2) is 7.83. The molecule has 2 aromatic rings. The molecule has 1 aliphatic heterocycles. The van der Waals surface area contributed by atoms with Gasteiger partial charge in [0.05, 0.1) is 6.20 Å². The van der Waals surface area contributed by atoms with Crippen LogP contribution in [0.5, 0.6) is 5.75 Å². The molecule has 10 heteroatoms. The monoisotopic (exact) mass is 389 g/mol. The van der Waals surface area contributed by atoms with E-state index in [2.05, 4.69) is 20.0 Å². The minimum Gasteiger partial charge on any atom is -0.501 e. The van der Waals surface area contributed by atoms with Crippen molar-refractivity contribution in [1.82, 2.24) is 19.6 Å². The fourth-order valence-electron chi connectivity index (χ4n) is 3.34. The highest BCUT2D eigenvalue weighted by Crippen LogP contribution is 2.27. The first-order valence-corrected chi connectivity index (χ1v) is 9.09. The lowest BCUT2D eigenvalue weighted by Crippen LogP contribution is -2.42. The Kier molecular flexibility index (Phi) is 5.48. The van der Waals surface area contributed by atoms with Gasteiger partial charge in [0.2, 0.25) is 11.7 Å². The first kappa shape index (κ1) is 19.6. The van der Waals surface area contributed by atoms with Gasteiger partial charge in [-0.3, -0.25) is 19.0 Å².